The predicted octanol–water partition coefficient (Wildman–Crippen LogP) is 4.45. The molecular weight excluding hydrogens is 262 g/mol. The van der Waals surface area contributed by atoms with E-state index < -0.39 is 0 Å². The van der Waals surface area contributed by atoms with Crippen molar-refractivity contribution in [2.45, 2.75) is 32.1 Å². The van der Waals surface area contributed by atoms with Crippen LogP contribution in [0, 0.1) is 19.8 Å². The number of hydrogen-bond donors (Lipinski definition) is 0. The average molecular weight is 278 g/mol. The van der Waals surface area contributed by atoms with Crippen LogP contribution in [0.25, 0.3) is 0 Å². The van der Waals surface area contributed by atoms with E-state index in [1.807, 2.05) is 11.3 Å². The van der Waals surface area contributed by atoms with Crippen LogP contribution in [0.1, 0.15) is 32.1 Å². The Morgan fingerprint density at radius 3 is 2.78 bits per heavy atom. The number of fused-ring (bicyclic) bond motifs is 1. The molecule has 1 aromatic heterocycles. The number of hydrogen-bond acceptors (Lipinski definition) is 2. The molecule has 2 atom stereocenters. The minimum Gasteiger partial charge on any atom is -0.246 e. The van der Waals surface area contributed by atoms with Crippen molar-refractivity contribution in [3.63, 3.8) is 0 Å². The Kier molecular flexibility index (Phi) is 3.16. The maximum absolute atomic E-state index is 6.58. The zero-order valence-corrected chi connectivity index (χ0v) is 12.2. The zero-order chi connectivity index (χ0) is 12.7. The molecule has 0 spiro atoms. The average Bonchev–Trinajstić information content (AvgIpc) is 2.83. The molecule has 1 heterocycles. The van der Waals surface area contributed by atoms with E-state index >= 15 is 0 Å². The maximum Gasteiger partial charge on any atom is 0.0934 e. The number of aromatic nitrogens is 1. The highest BCUT2D eigenvalue weighted by atomic mass is 35.5. The summed E-state index contributed by atoms with van der Waals surface area (Å²) in [7, 11) is 0. The number of halogens is 1. The van der Waals surface area contributed by atoms with Crippen molar-refractivity contribution in [2.75, 3.05) is 0 Å². The third kappa shape index (κ3) is 2.08. The Morgan fingerprint density at radius 1 is 1.33 bits per heavy atom. The van der Waals surface area contributed by atoms with Gasteiger partial charge in [0.1, 0.15) is 0 Å². The second-order valence-corrected chi connectivity index (χ2v) is 6.78. The van der Waals surface area contributed by atoms with Gasteiger partial charge in [-0.05, 0) is 37.3 Å². The number of aryl methyl sites for hydroxylation is 2. The molecule has 94 valence electrons. The van der Waals surface area contributed by atoms with E-state index in [1.165, 1.54) is 21.0 Å². The fourth-order valence-corrected chi connectivity index (χ4v) is 4.07. The van der Waals surface area contributed by atoms with Crippen molar-refractivity contribution >= 4 is 22.9 Å². The lowest BCUT2D eigenvalue weighted by atomic mass is 10.0. The standard InChI is InChI=1S/C15H16ClNS/c1-9-10(2)18-14(17-9)8-12-7-11-5-3-4-6-13(11)15(12)16/h3-6,12,15H,7-8H2,1-2H3. The Hall–Kier alpha value is -0.860. The Bertz CT molecular complexity index is 556. The van der Waals surface area contributed by atoms with Crippen molar-refractivity contribution in [1.82, 2.24) is 4.98 Å². The predicted molar refractivity (Wildman–Crippen MR) is 77.5 cm³/mol. The fourth-order valence-electron chi connectivity index (χ4n) is 2.66. The van der Waals surface area contributed by atoms with Gasteiger partial charge < -0.3 is 0 Å². The summed E-state index contributed by atoms with van der Waals surface area (Å²) in [6.45, 7) is 4.22. The first kappa shape index (κ1) is 12.2. The van der Waals surface area contributed by atoms with Gasteiger partial charge >= 0.3 is 0 Å². The third-order valence-corrected chi connectivity index (χ3v) is 5.44. The van der Waals surface area contributed by atoms with Crippen molar-refractivity contribution in [1.29, 1.82) is 0 Å². The van der Waals surface area contributed by atoms with Crippen LogP contribution < -0.4 is 0 Å². The normalized spacial score (nSPS) is 22.2. The largest absolute Gasteiger partial charge is 0.246 e. The summed E-state index contributed by atoms with van der Waals surface area (Å²) in [6.07, 6.45) is 2.09. The molecule has 0 radical (unpaired) electrons. The van der Waals surface area contributed by atoms with Gasteiger partial charge in [0.25, 0.3) is 0 Å². The quantitative estimate of drug-likeness (QED) is 0.739. The van der Waals surface area contributed by atoms with Crippen LogP contribution in [-0.2, 0) is 12.8 Å². The van der Waals surface area contributed by atoms with Gasteiger partial charge in [0.15, 0.2) is 0 Å². The lowest BCUT2D eigenvalue weighted by molar-refractivity contribution is 0.541. The summed E-state index contributed by atoms with van der Waals surface area (Å²) in [4.78, 5) is 5.96. The minimum atomic E-state index is 0.144. The molecule has 1 aromatic carbocycles. The van der Waals surface area contributed by atoms with Gasteiger partial charge in [0, 0.05) is 11.3 Å². The molecule has 1 aliphatic rings. The summed E-state index contributed by atoms with van der Waals surface area (Å²) in [5, 5.41) is 1.37. The number of nitrogens with zero attached hydrogens (tertiary/aromatic N) is 1. The van der Waals surface area contributed by atoms with Gasteiger partial charge in [0.2, 0.25) is 0 Å². The molecule has 0 saturated heterocycles. The molecule has 0 saturated carbocycles. The molecule has 0 aliphatic heterocycles. The first-order valence-corrected chi connectivity index (χ1v) is 7.55. The van der Waals surface area contributed by atoms with E-state index in [1.54, 1.807) is 0 Å². The summed E-state index contributed by atoms with van der Waals surface area (Å²) in [6, 6.07) is 8.53. The molecule has 2 aromatic rings. The van der Waals surface area contributed by atoms with Gasteiger partial charge in [-0.3, -0.25) is 0 Å². The SMILES string of the molecule is Cc1nc(CC2Cc3ccccc3C2Cl)sc1C. The van der Waals surface area contributed by atoms with Crippen molar-refractivity contribution in [3.8, 4) is 0 Å². The summed E-state index contributed by atoms with van der Waals surface area (Å²) in [5.41, 5.74) is 3.89. The van der Waals surface area contributed by atoms with Gasteiger partial charge in [-0.1, -0.05) is 24.3 Å². The van der Waals surface area contributed by atoms with Crippen molar-refractivity contribution in [2.24, 2.45) is 5.92 Å². The summed E-state index contributed by atoms with van der Waals surface area (Å²) >= 11 is 8.39. The maximum atomic E-state index is 6.58. The van der Waals surface area contributed by atoms with Crippen LogP contribution in [0.2, 0.25) is 0 Å². The molecular formula is C15H16ClNS. The highest BCUT2D eigenvalue weighted by Gasteiger charge is 2.31. The second-order valence-electron chi connectivity index (χ2n) is 5.02. The molecule has 0 bridgehead atoms. The summed E-state index contributed by atoms with van der Waals surface area (Å²) < 4.78 is 0. The zero-order valence-electron chi connectivity index (χ0n) is 10.6. The lowest BCUT2D eigenvalue weighted by Gasteiger charge is -2.12. The highest BCUT2D eigenvalue weighted by molar-refractivity contribution is 7.11. The van der Waals surface area contributed by atoms with Gasteiger partial charge in [-0.2, -0.15) is 0 Å². The van der Waals surface area contributed by atoms with Crippen molar-refractivity contribution in [3.05, 3.63) is 51.0 Å². The van der Waals surface area contributed by atoms with Gasteiger partial charge in [-0.25, -0.2) is 4.98 Å². The van der Waals surface area contributed by atoms with Crippen LogP contribution in [0.5, 0.6) is 0 Å². The van der Waals surface area contributed by atoms with E-state index in [0.717, 1.165) is 18.5 Å². The Morgan fingerprint density at radius 2 is 2.11 bits per heavy atom. The molecule has 3 heteroatoms. The third-order valence-electron chi connectivity index (χ3n) is 3.76. The molecule has 0 fully saturated rings. The first-order valence-electron chi connectivity index (χ1n) is 6.30. The van der Waals surface area contributed by atoms with Crippen LogP contribution in [-0.4, -0.2) is 4.98 Å². The topological polar surface area (TPSA) is 12.9 Å². The van der Waals surface area contributed by atoms with Crippen LogP contribution >= 0.6 is 22.9 Å². The smallest absolute Gasteiger partial charge is 0.0934 e. The molecule has 3 rings (SSSR count). The van der Waals surface area contributed by atoms with Crippen LogP contribution in [0.15, 0.2) is 24.3 Å². The van der Waals surface area contributed by atoms with Crippen LogP contribution in [0.4, 0.5) is 0 Å². The number of thiazole rings is 1. The number of alkyl halides is 1. The summed E-state index contributed by atoms with van der Waals surface area (Å²) in [5.74, 6) is 0.494. The lowest BCUT2D eigenvalue weighted by Crippen LogP contribution is -2.06. The monoisotopic (exact) mass is 277 g/mol. The fraction of sp³-hybridized carbons (Fsp3) is 0.400. The number of rotatable bonds is 2. The molecule has 0 N–H and O–H groups in total. The van der Waals surface area contributed by atoms with E-state index in [-0.39, 0.29) is 5.38 Å². The van der Waals surface area contributed by atoms with Crippen LogP contribution in [0.3, 0.4) is 0 Å². The van der Waals surface area contributed by atoms with E-state index in [2.05, 4.69) is 43.1 Å². The molecule has 0 amide bonds. The van der Waals surface area contributed by atoms with E-state index in [4.69, 9.17) is 11.6 Å². The van der Waals surface area contributed by atoms with E-state index in [0.29, 0.717) is 5.92 Å². The Balaban J connectivity index is 1.80. The van der Waals surface area contributed by atoms with Gasteiger partial charge in [0.05, 0.1) is 16.1 Å². The van der Waals surface area contributed by atoms with Gasteiger partial charge in [-0.15, -0.1) is 22.9 Å². The molecule has 1 aliphatic carbocycles. The Labute approximate surface area is 117 Å². The number of benzene rings is 1. The minimum absolute atomic E-state index is 0.144. The van der Waals surface area contributed by atoms with E-state index in [9.17, 15) is 0 Å². The second kappa shape index (κ2) is 4.67. The molecule has 1 nitrogen and oxygen atoms in total. The van der Waals surface area contributed by atoms with Crippen molar-refractivity contribution < 1.29 is 0 Å². The first-order chi connectivity index (χ1) is 8.65. The highest BCUT2D eigenvalue weighted by Crippen LogP contribution is 2.42. The molecule has 2 unspecified atom stereocenters. The molecule has 18 heavy (non-hydrogen) atoms.